The van der Waals surface area contributed by atoms with Gasteiger partial charge >= 0.3 is 0 Å². The van der Waals surface area contributed by atoms with E-state index in [1.165, 1.54) is 23.6 Å². The van der Waals surface area contributed by atoms with Gasteiger partial charge in [-0.1, -0.05) is 12.1 Å². The van der Waals surface area contributed by atoms with E-state index < -0.39 is 0 Å². The summed E-state index contributed by atoms with van der Waals surface area (Å²) in [5, 5.41) is 3.36. The molecule has 1 N–H and O–H groups in total. The molecular formula is C21H20FN3O3S. The Labute approximate surface area is 171 Å². The molecule has 0 unspecified atom stereocenters. The molecule has 0 atom stereocenters. The van der Waals surface area contributed by atoms with Crippen molar-refractivity contribution in [3.63, 3.8) is 0 Å². The second-order valence-electron chi connectivity index (χ2n) is 6.87. The lowest BCUT2D eigenvalue weighted by molar-refractivity contribution is -0.126. The molecule has 3 heterocycles. The Bertz CT molecular complexity index is 994. The first-order chi connectivity index (χ1) is 14.1. The lowest BCUT2D eigenvalue weighted by Gasteiger charge is -2.30. The number of aromatic nitrogens is 1. The maximum absolute atomic E-state index is 13.9. The van der Waals surface area contributed by atoms with E-state index in [0.29, 0.717) is 53.7 Å². The van der Waals surface area contributed by atoms with Gasteiger partial charge in [0, 0.05) is 24.6 Å². The van der Waals surface area contributed by atoms with E-state index in [0.717, 1.165) is 0 Å². The zero-order valence-corrected chi connectivity index (χ0v) is 16.5. The summed E-state index contributed by atoms with van der Waals surface area (Å²) in [5.74, 6) is 0.0844. The minimum Gasteiger partial charge on any atom is -0.467 e. The molecule has 1 saturated heterocycles. The molecule has 0 bridgehead atoms. The maximum atomic E-state index is 13.9. The number of thiazole rings is 1. The summed E-state index contributed by atoms with van der Waals surface area (Å²) in [6, 6.07) is 9.97. The van der Waals surface area contributed by atoms with Gasteiger partial charge < -0.3 is 14.6 Å². The van der Waals surface area contributed by atoms with Gasteiger partial charge in [0.2, 0.25) is 5.91 Å². The van der Waals surface area contributed by atoms with Gasteiger partial charge in [0.15, 0.2) is 0 Å². The molecule has 1 aliphatic heterocycles. The number of carbonyl (C=O) groups is 2. The van der Waals surface area contributed by atoms with Gasteiger partial charge in [-0.2, -0.15) is 0 Å². The fraction of sp³-hybridized carbons (Fsp3) is 0.286. The molecule has 1 fully saturated rings. The lowest BCUT2D eigenvalue weighted by atomic mass is 9.96. The van der Waals surface area contributed by atoms with Gasteiger partial charge in [0.05, 0.1) is 19.0 Å². The van der Waals surface area contributed by atoms with Crippen molar-refractivity contribution in [3.05, 3.63) is 65.3 Å². The number of carbonyl (C=O) groups excluding carboxylic acids is 2. The summed E-state index contributed by atoms with van der Waals surface area (Å²) >= 11 is 1.18. The normalized spacial score (nSPS) is 14.7. The zero-order valence-electron chi connectivity index (χ0n) is 15.6. The molecule has 2 aromatic heterocycles. The minimum atomic E-state index is -0.359. The van der Waals surface area contributed by atoms with E-state index >= 15 is 0 Å². The highest BCUT2D eigenvalue weighted by Gasteiger charge is 2.28. The van der Waals surface area contributed by atoms with Crippen LogP contribution in [0, 0.1) is 11.7 Å². The summed E-state index contributed by atoms with van der Waals surface area (Å²) in [6.45, 7) is 1.37. The number of benzene rings is 1. The van der Waals surface area contributed by atoms with Gasteiger partial charge in [-0.3, -0.25) is 9.59 Å². The van der Waals surface area contributed by atoms with Crippen molar-refractivity contribution in [3.8, 4) is 10.6 Å². The van der Waals surface area contributed by atoms with E-state index in [4.69, 9.17) is 4.42 Å². The highest BCUT2D eigenvalue weighted by molar-refractivity contribution is 7.16. The van der Waals surface area contributed by atoms with Crippen LogP contribution in [0.5, 0.6) is 0 Å². The number of hydrogen-bond acceptors (Lipinski definition) is 5. The molecule has 4 rings (SSSR count). The van der Waals surface area contributed by atoms with E-state index in [1.807, 2.05) is 6.07 Å². The first-order valence-corrected chi connectivity index (χ1v) is 10.2. The summed E-state index contributed by atoms with van der Waals surface area (Å²) in [6.07, 6.45) is 4.28. The predicted octanol–water partition coefficient (Wildman–Crippen LogP) is 3.71. The van der Waals surface area contributed by atoms with Gasteiger partial charge in [-0.05, 0) is 37.1 Å². The largest absolute Gasteiger partial charge is 0.467 e. The Morgan fingerprint density at radius 1 is 1.21 bits per heavy atom. The molecule has 2 amide bonds. The second-order valence-corrected chi connectivity index (χ2v) is 7.90. The van der Waals surface area contributed by atoms with Crippen LogP contribution in [0.15, 0.2) is 53.3 Å². The van der Waals surface area contributed by atoms with Crippen molar-refractivity contribution in [1.82, 2.24) is 15.2 Å². The van der Waals surface area contributed by atoms with Crippen LogP contribution in [-0.4, -0.2) is 34.8 Å². The van der Waals surface area contributed by atoms with E-state index in [2.05, 4.69) is 10.3 Å². The molecule has 1 aromatic carbocycles. The molecular weight excluding hydrogens is 393 g/mol. The molecule has 150 valence electrons. The van der Waals surface area contributed by atoms with Crippen molar-refractivity contribution in [2.24, 2.45) is 5.92 Å². The number of hydrogen-bond donors (Lipinski definition) is 1. The van der Waals surface area contributed by atoms with Crippen LogP contribution in [0.4, 0.5) is 4.39 Å². The Morgan fingerprint density at radius 2 is 2.00 bits per heavy atom. The number of nitrogens with zero attached hydrogens (tertiary/aromatic N) is 2. The van der Waals surface area contributed by atoms with Gasteiger partial charge in [-0.15, -0.1) is 11.3 Å². The number of likely N-dealkylation sites (tertiary alicyclic amines) is 1. The molecule has 0 saturated carbocycles. The summed E-state index contributed by atoms with van der Waals surface area (Å²) in [4.78, 5) is 31.5. The molecule has 0 aliphatic carbocycles. The van der Waals surface area contributed by atoms with Crippen molar-refractivity contribution in [2.75, 3.05) is 13.1 Å². The fourth-order valence-electron chi connectivity index (χ4n) is 3.36. The quantitative estimate of drug-likeness (QED) is 0.692. The first-order valence-electron chi connectivity index (χ1n) is 9.42. The monoisotopic (exact) mass is 413 g/mol. The Balaban J connectivity index is 1.32. The number of furan rings is 1. The van der Waals surface area contributed by atoms with Crippen LogP contribution in [0.1, 0.15) is 28.3 Å². The molecule has 6 nitrogen and oxygen atoms in total. The van der Waals surface area contributed by atoms with Gasteiger partial charge in [0.25, 0.3) is 5.91 Å². The topological polar surface area (TPSA) is 75.4 Å². The number of halogens is 1. The summed E-state index contributed by atoms with van der Waals surface area (Å²) < 4.78 is 19.2. The molecule has 3 aromatic rings. The molecule has 29 heavy (non-hydrogen) atoms. The van der Waals surface area contributed by atoms with E-state index in [1.54, 1.807) is 35.4 Å². The third-order valence-corrected chi connectivity index (χ3v) is 6.01. The fourth-order valence-corrected chi connectivity index (χ4v) is 4.28. The van der Waals surface area contributed by atoms with E-state index in [-0.39, 0.29) is 23.5 Å². The Kier molecular flexibility index (Phi) is 5.71. The Hall–Kier alpha value is -3.00. The number of amides is 2. The molecule has 0 radical (unpaired) electrons. The van der Waals surface area contributed by atoms with Crippen molar-refractivity contribution in [2.45, 2.75) is 19.4 Å². The first kappa shape index (κ1) is 19.3. The number of piperidine rings is 1. The average Bonchev–Trinajstić information content (AvgIpc) is 3.44. The van der Waals surface area contributed by atoms with Gasteiger partial charge in [-0.25, -0.2) is 9.37 Å². The van der Waals surface area contributed by atoms with Crippen LogP contribution in [0.25, 0.3) is 10.6 Å². The van der Waals surface area contributed by atoms with Crippen LogP contribution in [-0.2, 0) is 11.3 Å². The highest BCUT2D eigenvalue weighted by atomic mass is 32.1. The third-order valence-electron chi connectivity index (χ3n) is 4.99. The van der Waals surface area contributed by atoms with Gasteiger partial charge in [0.1, 0.15) is 21.5 Å². The van der Waals surface area contributed by atoms with Crippen LogP contribution >= 0.6 is 11.3 Å². The van der Waals surface area contributed by atoms with Crippen LogP contribution < -0.4 is 5.32 Å². The third kappa shape index (κ3) is 4.37. The molecule has 1 aliphatic rings. The van der Waals surface area contributed by atoms with Crippen LogP contribution in [0.3, 0.4) is 0 Å². The Morgan fingerprint density at radius 3 is 2.72 bits per heavy atom. The second kappa shape index (κ2) is 8.57. The lowest BCUT2D eigenvalue weighted by Crippen LogP contribution is -2.42. The SMILES string of the molecule is O=C(NCc1ccco1)C1CCN(C(=O)c2cnc(-c3ccccc3F)s2)CC1. The summed E-state index contributed by atoms with van der Waals surface area (Å²) in [7, 11) is 0. The predicted molar refractivity (Wildman–Crippen MR) is 107 cm³/mol. The molecule has 8 heteroatoms. The minimum absolute atomic E-state index is 0.0203. The van der Waals surface area contributed by atoms with Crippen LogP contribution in [0.2, 0.25) is 0 Å². The highest BCUT2D eigenvalue weighted by Crippen LogP contribution is 2.29. The average molecular weight is 413 g/mol. The standard InChI is InChI=1S/C21H20FN3O3S/c22-17-6-2-1-5-16(17)20-24-13-18(29-20)21(27)25-9-7-14(8-10-25)19(26)23-12-15-4-3-11-28-15/h1-6,11,13-14H,7-10,12H2,(H,23,26). The zero-order chi connectivity index (χ0) is 20.2. The smallest absolute Gasteiger partial charge is 0.265 e. The van der Waals surface area contributed by atoms with Crippen molar-refractivity contribution in [1.29, 1.82) is 0 Å². The molecule has 0 spiro atoms. The summed E-state index contributed by atoms with van der Waals surface area (Å²) in [5.41, 5.74) is 0.392. The van der Waals surface area contributed by atoms with Crippen molar-refractivity contribution >= 4 is 23.2 Å². The van der Waals surface area contributed by atoms with Crippen molar-refractivity contribution < 1.29 is 18.4 Å². The van der Waals surface area contributed by atoms with E-state index in [9.17, 15) is 14.0 Å². The number of nitrogens with one attached hydrogen (secondary N) is 1. The maximum Gasteiger partial charge on any atom is 0.265 e. The number of rotatable bonds is 5.